The Balaban J connectivity index is 2.58. The van der Waals surface area contributed by atoms with Crippen LogP contribution in [0.15, 0.2) is 46.0 Å². The van der Waals surface area contributed by atoms with Crippen LogP contribution in [-0.2, 0) is 10.0 Å². The van der Waals surface area contributed by atoms with Gasteiger partial charge in [0.2, 0.25) is 0 Å². The van der Waals surface area contributed by atoms with Gasteiger partial charge in [-0.05, 0) is 23.6 Å². The number of anilines is 1. The number of hydrogen-bond acceptors (Lipinski definition) is 4. The third-order valence-corrected chi connectivity index (χ3v) is 5.61. The molecule has 0 aliphatic carbocycles. The number of rotatable bonds is 5. The molecule has 8 heteroatoms. The third kappa shape index (κ3) is 2.61. The van der Waals surface area contributed by atoms with Gasteiger partial charge in [0.25, 0.3) is 10.0 Å². The highest BCUT2D eigenvalue weighted by atomic mass is 32.2. The topological polar surface area (TPSA) is 46.6 Å². The lowest BCUT2D eigenvalue weighted by molar-refractivity contribution is 0.161. The smallest absolute Gasteiger partial charge is 0.328 e. The second kappa shape index (κ2) is 5.76. The number of methoxy groups -OCH3 is 1. The first-order chi connectivity index (χ1) is 9.48. The van der Waals surface area contributed by atoms with Gasteiger partial charge in [0.1, 0.15) is 9.96 Å². The van der Waals surface area contributed by atoms with Crippen LogP contribution in [0.1, 0.15) is 0 Å². The van der Waals surface area contributed by atoms with Crippen molar-refractivity contribution in [2.45, 2.75) is 10.8 Å². The summed E-state index contributed by atoms with van der Waals surface area (Å²) in [6.07, 6.45) is 0. The fourth-order valence-corrected chi connectivity index (χ4v) is 4.06. The van der Waals surface area contributed by atoms with E-state index in [1.54, 1.807) is 6.07 Å². The van der Waals surface area contributed by atoms with E-state index in [1.165, 1.54) is 42.8 Å². The van der Waals surface area contributed by atoms with E-state index in [1.807, 2.05) is 0 Å². The van der Waals surface area contributed by atoms with Gasteiger partial charge in [0, 0.05) is 0 Å². The zero-order valence-corrected chi connectivity index (χ0v) is 12.0. The second-order valence-corrected chi connectivity index (χ2v) is 6.67. The van der Waals surface area contributed by atoms with Crippen molar-refractivity contribution in [1.82, 2.24) is 0 Å². The summed E-state index contributed by atoms with van der Waals surface area (Å²) in [4.78, 5) is 0. The van der Waals surface area contributed by atoms with Crippen LogP contribution in [-0.4, -0.2) is 22.1 Å². The molecule has 0 amide bonds. The molecule has 1 aromatic carbocycles. The summed E-state index contributed by atoms with van der Waals surface area (Å²) in [5.41, 5.74) is -0.196. The summed E-state index contributed by atoms with van der Waals surface area (Å²) in [6, 6.07) is 8.51. The van der Waals surface area contributed by atoms with Crippen molar-refractivity contribution in [2.75, 3.05) is 11.4 Å². The Kier molecular flexibility index (Phi) is 4.24. The maximum Gasteiger partial charge on any atom is 0.328 e. The largest absolute Gasteiger partial charge is 0.495 e. The zero-order chi connectivity index (χ0) is 14.8. The van der Waals surface area contributed by atoms with Crippen molar-refractivity contribution in [2.24, 2.45) is 0 Å². The van der Waals surface area contributed by atoms with Gasteiger partial charge in [-0.3, -0.25) is 0 Å². The molecule has 0 bridgehead atoms. The molecule has 20 heavy (non-hydrogen) atoms. The van der Waals surface area contributed by atoms with Crippen LogP contribution < -0.4 is 9.04 Å². The number of ether oxygens (including phenoxy) is 1. The molecule has 1 heterocycles. The Morgan fingerprint density at radius 2 is 1.90 bits per heavy atom. The van der Waals surface area contributed by atoms with Gasteiger partial charge in [0.15, 0.2) is 0 Å². The molecule has 0 saturated heterocycles. The molecule has 0 atom stereocenters. The van der Waals surface area contributed by atoms with Gasteiger partial charge in [-0.25, -0.2) is 12.7 Å². The Morgan fingerprint density at radius 1 is 1.20 bits per heavy atom. The van der Waals surface area contributed by atoms with Crippen molar-refractivity contribution in [1.29, 1.82) is 0 Å². The minimum atomic E-state index is -4.32. The first-order valence-electron chi connectivity index (χ1n) is 5.47. The van der Waals surface area contributed by atoms with Crippen molar-refractivity contribution < 1.29 is 21.9 Å². The van der Waals surface area contributed by atoms with Crippen molar-refractivity contribution in [3.8, 4) is 5.75 Å². The maximum absolute atomic E-state index is 13.3. The fourth-order valence-electron chi connectivity index (χ4n) is 1.66. The Bertz CT molecular complexity index is 672. The summed E-state index contributed by atoms with van der Waals surface area (Å²) in [5.74, 6) is 0.0629. The molecular weight excluding hydrogens is 308 g/mol. The first-order valence-corrected chi connectivity index (χ1v) is 7.79. The van der Waals surface area contributed by atoms with Gasteiger partial charge in [-0.15, -0.1) is 11.3 Å². The fraction of sp³-hybridized carbons (Fsp3) is 0.167. The number of sulfonamides is 1. The van der Waals surface area contributed by atoms with E-state index >= 15 is 0 Å². The van der Waals surface area contributed by atoms with E-state index in [-0.39, 0.29) is 20.0 Å². The minimum absolute atomic E-state index is 0.0629. The Morgan fingerprint density at radius 3 is 2.45 bits per heavy atom. The molecular formula is C12H11F2NO3S2. The summed E-state index contributed by atoms with van der Waals surface area (Å²) < 4.78 is 56.0. The highest BCUT2D eigenvalue weighted by Gasteiger charge is 2.34. The van der Waals surface area contributed by atoms with E-state index in [9.17, 15) is 17.2 Å². The molecule has 0 N–H and O–H groups in total. The minimum Gasteiger partial charge on any atom is -0.495 e. The molecule has 2 aromatic rings. The predicted octanol–water partition coefficient (Wildman–Crippen LogP) is 3.17. The average molecular weight is 319 g/mol. The van der Waals surface area contributed by atoms with E-state index in [2.05, 4.69) is 0 Å². The summed E-state index contributed by atoms with van der Waals surface area (Å²) in [5, 5.41) is 1.51. The second-order valence-electron chi connectivity index (χ2n) is 3.68. The van der Waals surface area contributed by atoms with Crippen molar-refractivity contribution in [3.05, 3.63) is 41.8 Å². The molecule has 1 aromatic heterocycles. The predicted molar refractivity (Wildman–Crippen MR) is 73.0 cm³/mol. The van der Waals surface area contributed by atoms with E-state index in [0.717, 1.165) is 11.3 Å². The zero-order valence-electron chi connectivity index (χ0n) is 10.4. The van der Waals surface area contributed by atoms with Crippen molar-refractivity contribution in [3.63, 3.8) is 0 Å². The quantitative estimate of drug-likeness (QED) is 0.795. The third-order valence-electron chi connectivity index (χ3n) is 2.51. The highest BCUT2D eigenvalue weighted by molar-refractivity contribution is 7.94. The summed E-state index contributed by atoms with van der Waals surface area (Å²) >= 11 is 0.880. The van der Waals surface area contributed by atoms with Crippen LogP contribution in [0.3, 0.4) is 0 Å². The van der Waals surface area contributed by atoms with Crippen molar-refractivity contribution >= 4 is 27.0 Å². The lowest BCUT2D eigenvalue weighted by Crippen LogP contribution is -2.35. The molecule has 0 fully saturated rings. The van der Waals surface area contributed by atoms with Gasteiger partial charge in [0.05, 0.1) is 12.8 Å². The normalized spacial score (nSPS) is 11.6. The number of benzene rings is 1. The molecule has 0 aliphatic heterocycles. The van der Waals surface area contributed by atoms with Gasteiger partial charge in [-0.1, -0.05) is 18.2 Å². The van der Waals surface area contributed by atoms with Crippen LogP contribution >= 0.6 is 11.3 Å². The Labute approximate surface area is 119 Å². The number of para-hydroxylation sites is 2. The van der Waals surface area contributed by atoms with Crippen LogP contribution in [0.2, 0.25) is 0 Å². The summed E-state index contributed by atoms with van der Waals surface area (Å²) in [6.45, 7) is -3.21. The van der Waals surface area contributed by atoms with Crippen LogP contribution in [0.25, 0.3) is 0 Å². The molecule has 0 spiro atoms. The number of thiophene rings is 1. The Hall–Kier alpha value is -1.67. The molecule has 0 saturated carbocycles. The van der Waals surface area contributed by atoms with Crippen LogP contribution in [0.4, 0.5) is 14.5 Å². The van der Waals surface area contributed by atoms with Gasteiger partial charge >= 0.3 is 6.55 Å². The van der Waals surface area contributed by atoms with Gasteiger partial charge < -0.3 is 4.74 Å². The lowest BCUT2D eigenvalue weighted by atomic mass is 10.3. The molecule has 2 rings (SSSR count). The van der Waals surface area contributed by atoms with E-state index < -0.39 is 16.6 Å². The maximum atomic E-state index is 13.3. The number of nitrogens with zero attached hydrogens (tertiary/aromatic N) is 1. The molecule has 0 unspecified atom stereocenters. The number of halogens is 2. The monoisotopic (exact) mass is 319 g/mol. The molecule has 4 nitrogen and oxygen atoms in total. The molecule has 0 radical (unpaired) electrons. The number of hydrogen-bond donors (Lipinski definition) is 0. The standard InChI is InChI=1S/C12H11F2NO3S2/c1-18-10-6-3-2-5-9(10)15(12(13)14)20(16,17)11-7-4-8-19-11/h2-8,12H,1H3. The first kappa shape index (κ1) is 14.7. The molecule has 0 aliphatic rings. The average Bonchev–Trinajstić information content (AvgIpc) is 2.93. The van der Waals surface area contributed by atoms with Crippen LogP contribution in [0.5, 0.6) is 5.75 Å². The molecule has 108 valence electrons. The summed E-state index contributed by atoms with van der Waals surface area (Å²) in [7, 11) is -3.03. The SMILES string of the molecule is COc1ccccc1N(C(F)F)S(=O)(=O)c1cccs1. The van der Waals surface area contributed by atoms with Crippen LogP contribution in [0, 0.1) is 0 Å². The lowest BCUT2D eigenvalue weighted by Gasteiger charge is -2.24. The number of alkyl halides is 2. The van der Waals surface area contributed by atoms with E-state index in [0.29, 0.717) is 0 Å². The van der Waals surface area contributed by atoms with Gasteiger partial charge in [-0.2, -0.15) is 8.78 Å². The van der Waals surface area contributed by atoms with E-state index in [4.69, 9.17) is 4.74 Å². The highest BCUT2D eigenvalue weighted by Crippen LogP contribution is 2.35.